The molecule has 7 heteroatoms. The lowest BCUT2D eigenvalue weighted by molar-refractivity contribution is -0.385. The largest absolute Gasteiger partial charge is 0.308 e. The number of unbranched alkanes of at least 4 members (excludes halogenated alkanes) is 2. The van der Waals surface area contributed by atoms with Gasteiger partial charge in [0.05, 0.1) is 15.6 Å². The first-order valence-electron chi connectivity index (χ1n) is 5.21. The number of aromatic nitrogens is 1. The van der Waals surface area contributed by atoms with Crippen molar-refractivity contribution in [2.75, 3.05) is 5.75 Å². The molecule has 0 saturated heterocycles. The van der Waals surface area contributed by atoms with E-state index in [0.717, 1.165) is 25.0 Å². The van der Waals surface area contributed by atoms with E-state index < -0.39 is 4.92 Å². The SMILES string of the molecule is O=c1c(Br)cc([N+](=O)[O-])cn1CCCCCS. The van der Waals surface area contributed by atoms with Crippen molar-refractivity contribution >= 4 is 34.2 Å². The average Bonchev–Trinajstić information content (AvgIpc) is 2.29. The van der Waals surface area contributed by atoms with Crippen LogP contribution in [0.5, 0.6) is 0 Å². The minimum atomic E-state index is -0.506. The molecule has 1 rings (SSSR count). The maximum absolute atomic E-state index is 11.7. The van der Waals surface area contributed by atoms with E-state index in [1.54, 1.807) is 0 Å². The van der Waals surface area contributed by atoms with E-state index in [2.05, 4.69) is 28.6 Å². The van der Waals surface area contributed by atoms with Gasteiger partial charge >= 0.3 is 0 Å². The predicted molar refractivity (Wildman–Crippen MR) is 72.8 cm³/mol. The Bertz CT molecular complexity index is 461. The summed E-state index contributed by atoms with van der Waals surface area (Å²) in [5, 5.41) is 10.7. The highest BCUT2D eigenvalue weighted by Crippen LogP contribution is 2.14. The fraction of sp³-hybridized carbons (Fsp3) is 0.500. The summed E-state index contributed by atoms with van der Waals surface area (Å²) < 4.78 is 1.60. The summed E-state index contributed by atoms with van der Waals surface area (Å²) in [6.07, 6.45) is 4.03. The van der Waals surface area contributed by atoms with E-state index in [0.29, 0.717) is 6.54 Å². The normalized spacial score (nSPS) is 10.5. The Balaban J connectivity index is 2.83. The zero-order valence-electron chi connectivity index (χ0n) is 9.13. The molecule has 1 heterocycles. The lowest BCUT2D eigenvalue weighted by atomic mass is 10.2. The molecule has 5 nitrogen and oxygen atoms in total. The van der Waals surface area contributed by atoms with Gasteiger partial charge in [-0.2, -0.15) is 12.6 Å². The van der Waals surface area contributed by atoms with E-state index in [9.17, 15) is 14.9 Å². The Morgan fingerprint density at radius 1 is 1.41 bits per heavy atom. The Hall–Kier alpha value is -0.820. The van der Waals surface area contributed by atoms with Crippen molar-refractivity contribution in [3.63, 3.8) is 0 Å². The summed E-state index contributed by atoms with van der Waals surface area (Å²) in [7, 11) is 0. The molecule has 17 heavy (non-hydrogen) atoms. The van der Waals surface area contributed by atoms with Crippen molar-refractivity contribution in [3.8, 4) is 0 Å². The molecule has 0 fully saturated rings. The standard InChI is InChI=1S/C10H13BrN2O3S/c11-9-6-8(13(15)16)7-12(10(9)14)4-2-1-3-5-17/h6-7,17H,1-5H2. The number of halogens is 1. The maximum Gasteiger partial charge on any atom is 0.286 e. The maximum atomic E-state index is 11.7. The number of nitro groups is 1. The summed E-state index contributed by atoms with van der Waals surface area (Å²) in [5.41, 5.74) is -0.313. The fourth-order valence-electron chi connectivity index (χ4n) is 1.42. The molecular formula is C10H13BrN2O3S. The molecule has 0 radical (unpaired) electrons. The van der Waals surface area contributed by atoms with Gasteiger partial charge in [-0.25, -0.2) is 0 Å². The van der Waals surface area contributed by atoms with E-state index >= 15 is 0 Å². The minimum absolute atomic E-state index is 0.0781. The number of pyridine rings is 1. The molecule has 0 saturated carbocycles. The Kier molecular flexibility index (Phi) is 5.70. The van der Waals surface area contributed by atoms with Gasteiger partial charge in [0.2, 0.25) is 0 Å². The van der Waals surface area contributed by atoms with Crippen LogP contribution in [0, 0.1) is 10.1 Å². The van der Waals surface area contributed by atoms with Crippen molar-refractivity contribution in [2.24, 2.45) is 0 Å². The van der Waals surface area contributed by atoms with Gasteiger partial charge < -0.3 is 4.57 Å². The summed E-state index contributed by atoms with van der Waals surface area (Å²) in [4.78, 5) is 21.8. The average molecular weight is 321 g/mol. The van der Waals surface area contributed by atoms with Gasteiger partial charge in [-0.3, -0.25) is 14.9 Å². The minimum Gasteiger partial charge on any atom is -0.308 e. The highest BCUT2D eigenvalue weighted by Gasteiger charge is 2.11. The van der Waals surface area contributed by atoms with Crippen molar-refractivity contribution in [1.29, 1.82) is 0 Å². The van der Waals surface area contributed by atoms with Gasteiger partial charge in [-0.05, 0) is 34.5 Å². The van der Waals surface area contributed by atoms with Crippen LogP contribution >= 0.6 is 28.6 Å². The first-order chi connectivity index (χ1) is 8.06. The quantitative estimate of drug-likeness (QED) is 0.379. The van der Waals surface area contributed by atoms with Crippen molar-refractivity contribution in [3.05, 3.63) is 37.2 Å². The van der Waals surface area contributed by atoms with Crippen LogP contribution in [0.1, 0.15) is 19.3 Å². The smallest absolute Gasteiger partial charge is 0.286 e. The molecular weight excluding hydrogens is 308 g/mol. The molecule has 0 bridgehead atoms. The number of rotatable bonds is 6. The van der Waals surface area contributed by atoms with Crippen LogP contribution in [-0.2, 0) is 6.54 Å². The van der Waals surface area contributed by atoms with Gasteiger partial charge in [0.25, 0.3) is 11.2 Å². The zero-order valence-corrected chi connectivity index (χ0v) is 11.6. The van der Waals surface area contributed by atoms with E-state index in [1.807, 2.05) is 0 Å². The van der Waals surface area contributed by atoms with Crippen LogP contribution in [0.15, 0.2) is 21.5 Å². The van der Waals surface area contributed by atoms with Gasteiger partial charge in [-0.1, -0.05) is 6.42 Å². The molecule has 0 amide bonds. The molecule has 0 aliphatic rings. The monoisotopic (exact) mass is 320 g/mol. The molecule has 0 unspecified atom stereocenters. The second kappa shape index (κ2) is 6.80. The summed E-state index contributed by atoms with van der Waals surface area (Å²) in [5.74, 6) is 0.813. The lowest BCUT2D eigenvalue weighted by Gasteiger charge is -2.05. The van der Waals surface area contributed by atoms with Crippen LogP contribution in [0.2, 0.25) is 0 Å². The molecule has 0 atom stereocenters. The van der Waals surface area contributed by atoms with E-state index in [-0.39, 0.29) is 15.7 Å². The molecule has 1 aromatic heterocycles. The molecule has 0 N–H and O–H groups in total. The van der Waals surface area contributed by atoms with Crippen LogP contribution in [0.25, 0.3) is 0 Å². The van der Waals surface area contributed by atoms with Gasteiger partial charge in [0.1, 0.15) is 0 Å². The summed E-state index contributed by atoms with van der Waals surface area (Å²) in [6, 6.07) is 1.23. The molecule has 0 aliphatic carbocycles. The first kappa shape index (κ1) is 14.2. The molecule has 94 valence electrons. The fourth-order valence-corrected chi connectivity index (χ4v) is 2.11. The van der Waals surface area contributed by atoms with Crippen molar-refractivity contribution in [1.82, 2.24) is 4.57 Å². The zero-order chi connectivity index (χ0) is 12.8. The third-order valence-electron chi connectivity index (χ3n) is 2.30. The van der Waals surface area contributed by atoms with Crippen LogP contribution in [-0.4, -0.2) is 15.2 Å². The van der Waals surface area contributed by atoms with Crippen LogP contribution < -0.4 is 5.56 Å². The Morgan fingerprint density at radius 3 is 2.71 bits per heavy atom. The number of aryl methyl sites for hydroxylation is 1. The lowest BCUT2D eigenvalue weighted by Crippen LogP contribution is -2.20. The highest BCUT2D eigenvalue weighted by atomic mass is 79.9. The molecule has 1 aromatic rings. The summed E-state index contributed by atoms with van der Waals surface area (Å²) >= 11 is 7.13. The van der Waals surface area contributed by atoms with Crippen LogP contribution in [0.3, 0.4) is 0 Å². The Labute approximate surface area is 113 Å². The molecule has 0 aromatic carbocycles. The van der Waals surface area contributed by atoms with Gasteiger partial charge in [-0.15, -0.1) is 0 Å². The highest BCUT2D eigenvalue weighted by molar-refractivity contribution is 9.10. The first-order valence-corrected chi connectivity index (χ1v) is 6.64. The second-order valence-electron chi connectivity index (χ2n) is 3.59. The second-order valence-corrected chi connectivity index (χ2v) is 4.89. The number of hydrogen-bond acceptors (Lipinski definition) is 4. The number of hydrogen-bond donors (Lipinski definition) is 1. The third-order valence-corrected chi connectivity index (χ3v) is 3.18. The topological polar surface area (TPSA) is 65.1 Å². The van der Waals surface area contributed by atoms with E-state index in [1.165, 1.54) is 16.8 Å². The summed E-state index contributed by atoms with van der Waals surface area (Å²) in [6.45, 7) is 0.493. The van der Waals surface area contributed by atoms with Crippen molar-refractivity contribution < 1.29 is 4.92 Å². The third kappa shape index (κ3) is 4.16. The van der Waals surface area contributed by atoms with Gasteiger partial charge in [0.15, 0.2) is 0 Å². The van der Waals surface area contributed by atoms with Crippen LogP contribution in [0.4, 0.5) is 5.69 Å². The van der Waals surface area contributed by atoms with E-state index in [4.69, 9.17) is 0 Å². The Morgan fingerprint density at radius 2 is 2.12 bits per heavy atom. The molecule has 0 aliphatic heterocycles. The van der Waals surface area contributed by atoms with Crippen molar-refractivity contribution in [2.45, 2.75) is 25.8 Å². The number of nitrogens with zero attached hydrogens (tertiary/aromatic N) is 2. The van der Waals surface area contributed by atoms with Gasteiger partial charge in [0, 0.05) is 12.6 Å². The number of thiol groups is 1. The molecule has 0 spiro atoms. The predicted octanol–water partition coefficient (Wildman–Crippen LogP) is 2.62.